The molecule has 0 saturated heterocycles. The first-order chi connectivity index (χ1) is 16.2. The molecule has 0 saturated carbocycles. The second-order valence-corrected chi connectivity index (χ2v) is 9.13. The topological polar surface area (TPSA) is 131 Å². The van der Waals surface area contributed by atoms with Crippen molar-refractivity contribution in [3.8, 4) is 0 Å². The summed E-state index contributed by atoms with van der Waals surface area (Å²) >= 11 is 0. The van der Waals surface area contributed by atoms with E-state index in [4.69, 9.17) is 4.42 Å². The van der Waals surface area contributed by atoms with Crippen LogP contribution >= 0.6 is 0 Å². The van der Waals surface area contributed by atoms with Crippen LogP contribution in [0.1, 0.15) is 17.0 Å². The van der Waals surface area contributed by atoms with Crippen LogP contribution in [0.4, 0.5) is 11.6 Å². The summed E-state index contributed by atoms with van der Waals surface area (Å²) < 4.78 is 33.0. The van der Waals surface area contributed by atoms with Gasteiger partial charge in [-0.15, -0.1) is 0 Å². The summed E-state index contributed by atoms with van der Waals surface area (Å²) in [5.41, 5.74) is 2.09. The van der Waals surface area contributed by atoms with E-state index in [-0.39, 0.29) is 21.8 Å². The number of hydrogen-bond acceptors (Lipinski definition) is 7. The van der Waals surface area contributed by atoms with Gasteiger partial charge in [0.05, 0.1) is 15.8 Å². The number of benzene rings is 2. The molecular weight excluding hydrogens is 456 g/mol. The minimum Gasteiger partial charge on any atom is -0.463 e. The summed E-state index contributed by atoms with van der Waals surface area (Å²) in [7, 11) is -3.91. The Balaban J connectivity index is 1.44. The predicted octanol–water partition coefficient (Wildman–Crippen LogP) is 3.65. The fourth-order valence-electron chi connectivity index (χ4n) is 3.23. The number of aromatic nitrogens is 2. The lowest BCUT2D eigenvalue weighted by Crippen LogP contribution is -2.16. The number of fused-ring (bicyclic) bond motifs is 1. The number of carbonyl (C=O) groups is 1. The average Bonchev–Trinajstić information content (AvgIpc) is 2.78. The zero-order valence-electron chi connectivity index (χ0n) is 18.3. The van der Waals surface area contributed by atoms with Gasteiger partial charge in [-0.25, -0.2) is 23.1 Å². The summed E-state index contributed by atoms with van der Waals surface area (Å²) in [6.45, 7) is 3.48. The lowest BCUT2D eigenvalue weighted by atomic mass is 10.1. The quantitative estimate of drug-likeness (QED) is 0.406. The van der Waals surface area contributed by atoms with Gasteiger partial charge in [0.25, 0.3) is 10.0 Å². The van der Waals surface area contributed by atoms with Gasteiger partial charge < -0.3 is 9.73 Å². The van der Waals surface area contributed by atoms with Gasteiger partial charge in [-0.2, -0.15) is 0 Å². The maximum atomic E-state index is 12.6. The molecule has 10 heteroatoms. The zero-order valence-corrected chi connectivity index (χ0v) is 19.1. The van der Waals surface area contributed by atoms with E-state index in [0.29, 0.717) is 28.0 Å². The third kappa shape index (κ3) is 5.18. The number of anilines is 2. The smallest absolute Gasteiger partial charge is 0.264 e. The molecule has 0 aliphatic rings. The van der Waals surface area contributed by atoms with Crippen molar-refractivity contribution in [1.29, 1.82) is 0 Å². The highest BCUT2D eigenvalue weighted by atomic mass is 32.2. The van der Waals surface area contributed by atoms with E-state index < -0.39 is 15.9 Å². The molecule has 4 aromatic rings. The van der Waals surface area contributed by atoms with Crippen molar-refractivity contribution in [2.24, 2.45) is 0 Å². The Morgan fingerprint density at radius 1 is 1.00 bits per heavy atom. The van der Waals surface area contributed by atoms with E-state index >= 15 is 0 Å². The first-order valence-corrected chi connectivity index (χ1v) is 11.6. The Kier molecular flexibility index (Phi) is 6.24. The number of rotatable bonds is 6. The van der Waals surface area contributed by atoms with Crippen LogP contribution in [0.15, 0.2) is 81.0 Å². The summed E-state index contributed by atoms with van der Waals surface area (Å²) in [5, 5.41) is 3.03. The van der Waals surface area contributed by atoms with E-state index in [9.17, 15) is 18.0 Å². The van der Waals surface area contributed by atoms with Crippen LogP contribution in [-0.2, 0) is 14.8 Å². The summed E-state index contributed by atoms with van der Waals surface area (Å²) in [4.78, 5) is 32.9. The van der Waals surface area contributed by atoms with Crippen molar-refractivity contribution in [2.45, 2.75) is 18.7 Å². The number of hydrogen-bond donors (Lipinski definition) is 2. The molecular formula is C24H20N4O5S. The van der Waals surface area contributed by atoms with E-state index in [1.165, 1.54) is 42.7 Å². The molecule has 0 radical (unpaired) electrons. The molecule has 2 aromatic carbocycles. The van der Waals surface area contributed by atoms with Gasteiger partial charge in [-0.05, 0) is 62.4 Å². The third-order valence-electron chi connectivity index (χ3n) is 4.76. The first-order valence-electron chi connectivity index (χ1n) is 10.2. The Bertz CT molecular complexity index is 1560. The van der Waals surface area contributed by atoms with Crippen LogP contribution in [0.2, 0.25) is 0 Å². The van der Waals surface area contributed by atoms with Gasteiger partial charge in [0, 0.05) is 23.2 Å². The largest absolute Gasteiger partial charge is 0.463 e. The molecule has 4 rings (SSSR count). The summed E-state index contributed by atoms with van der Waals surface area (Å²) in [6, 6.07) is 14.2. The average molecular weight is 477 g/mol. The van der Waals surface area contributed by atoms with Crippen molar-refractivity contribution in [2.75, 3.05) is 10.0 Å². The molecule has 172 valence electrons. The van der Waals surface area contributed by atoms with E-state index in [1.807, 2.05) is 0 Å². The molecule has 0 fully saturated rings. The number of para-hydroxylation sites is 1. The molecule has 34 heavy (non-hydrogen) atoms. The third-order valence-corrected chi connectivity index (χ3v) is 6.11. The molecule has 0 atom stereocenters. The number of sulfonamides is 1. The minimum atomic E-state index is -3.91. The van der Waals surface area contributed by atoms with Gasteiger partial charge in [0.2, 0.25) is 11.9 Å². The fraction of sp³-hybridized carbons (Fsp3) is 0.0833. The minimum absolute atomic E-state index is 0.0156. The highest BCUT2D eigenvalue weighted by Crippen LogP contribution is 2.17. The monoisotopic (exact) mass is 476 g/mol. The maximum Gasteiger partial charge on any atom is 0.264 e. The Hall–Kier alpha value is -4.31. The lowest BCUT2D eigenvalue weighted by molar-refractivity contribution is -0.111. The highest BCUT2D eigenvalue weighted by Gasteiger charge is 2.16. The normalized spacial score (nSPS) is 11.6. The molecule has 2 heterocycles. The Morgan fingerprint density at radius 2 is 1.68 bits per heavy atom. The number of nitrogens with one attached hydrogen (secondary N) is 2. The van der Waals surface area contributed by atoms with E-state index in [0.717, 1.165) is 0 Å². The Morgan fingerprint density at radius 3 is 2.38 bits per heavy atom. The van der Waals surface area contributed by atoms with Crippen molar-refractivity contribution >= 4 is 44.6 Å². The van der Waals surface area contributed by atoms with Gasteiger partial charge in [-0.1, -0.05) is 12.1 Å². The van der Waals surface area contributed by atoms with Crippen molar-refractivity contribution in [1.82, 2.24) is 9.97 Å². The number of carbonyl (C=O) groups excluding carboxylic acids is 1. The Labute approximate surface area is 195 Å². The van der Waals surface area contributed by atoms with Crippen LogP contribution in [-0.4, -0.2) is 24.3 Å². The van der Waals surface area contributed by atoms with Gasteiger partial charge in [0.1, 0.15) is 11.8 Å². The molecule has 2 N–H and O–H groups in total. The standard InChI is InChI=1S/C24H20N4O5S/c1-15-13-16(2)26-24(25-15)28-34(31,32)19-10-8-18(9-11-19)27-22(29)12-7-17-14-33-21-6-4-3-5-20(21)23(17)30/h3-14H,1-2H3,(H,27,29)(H,25,26,28)/b12-7+. The maximum absolute atomic E-state index is 12.6. The number of amides is 1. The van der Waals surface area contributed by atoms with Gasteiger partial charge in [0.15, 0.2) is 5.43 Å². The molecule has 0 bridgehead atoms. The van der Waals surface area contributed by atoms with Crippen molar-refractivity contribution in [3.63, 3.8) is 0 Å². The van der Waals surface area contributed by atoms with Crippen LogP contribution in [0, 0.1) is 13.8 Å². The summed E-state index contributed by atoms with van der Waals surface area (Å²) in [6.07, 6.45) is 3.85. The van der Waals surface area contributed by atoms with E-state index in [2.05, 4.69) is 20.0 Å². The molecule has 2 aromatic heterocycles. The second kappa shape index (κ2) is 9.28. The molecule has 0 spiro atoms. The van der Waals surface area contributed by atoms with Gasteiger partial charge >= 0.3 is 0 Å². The first kappa shape index (κ1) is 22.9. The van der Waals surface area contributed by atoms with Crippen molar-refractivity contribution < 1.29 is 17.6 Å². The van der Waals surface area contributed by atoms with Crippen LogP contribution in [0.5, 0.6) is 0 Å². The molecule has 0 unspecified atom stereocenters. The van der Waals surface area contributed by atoms with Crippen molar-refractivity contribution in [3.05, 3.63) is 94.1 Å². The number of aryl methyl sites for hydroxylation is 2. The molecule has 9 nitrogen and oxygen atoms in total. The molecule has 1 amide bonds. The second-order valence-electron chi connectivity index (χ2n) is 7.44. The number of nitrogens with zero attached hydrogens (tertiary/aromatic N) is 2. The van der Waals surface area contributed by atoms with Crippen LogP contribution in [0.25, 0.3) is 17.0 Å². The zero-order chi connectivity index (χ0) is 24.3. The molecule has 0 aliphatic carbocycles. The lowest BCUT2D eigenvalue weighted by Gasteiger charge is -2.09. The van der Waals surface area contributed by atoms with E-state index in [1.54, 1.807) is 44.2 Å². The fourth-order valence-corrected chi connectivity index (χ4v) is 4.17. The highest BCUT2D eigenvalue weighted by molar-refractivity contribution is 7.92. The predicted molar refractivity (Wildman–Crippen MR) is 129 cm³/mol. The van der Waals surface area contributed by atoms with Gasteiger partial charge in [-0.3, -0.25) is 9.59 Å². The summed E-state index contributed by atoms with van der Waals surface area (Å²) in [5.74, 6) is -0.511. The SMILES string of the molecule is Cc1cc(C)nc(NS(=O)(=O)c2ccc(NC(=O)/C=C/c3coc4ccccc4c3=O)cc2)n1. The van der Waals surface area contributed by atoms with Crippen LogP contribution in [0.3, 0.4) is 0 Å². The molecule has 0 aliphatic heterocycles. The van der Waals surface area contributed by atoms with Crippen LogP contribution < -0.4 is 15.5 Å².